The van der Waals surface area contributed by atoms with Crippen LogP contribution >= 0.6 is 0 Å². The summed E-state index contributed by atoms with van der Waals surface area (Å²) in [6.45, 7) is 3.70. The number of aromatic hydroxyl groups is 1. The van der Waals surface area contributed by atoms with E-state index in [1.165, 1.54) is 12.1 Å². The van der Waals surface area contributed by atoms with E-state index in [-0.39, 0.29) is 5.92 Å². The van der Waals surface area contributed by atoms with Crippen LogP contribution in [0.2, 0.25) is 0 Å². The monoisotopic (exact) mass is 183 g/mol. The summed E-state index contributed by atoms with van der Waals surface area (Å²) in [6, 6.07) is 3.87. The Labute approximate surface area is 76.6 Å². The van der Waals surface area contributed by atoms with Gasteiger partial charge in [-0.1, -0.05) is 19.9 Å². The molecule has 0 saturated heterocycles. The maximum atomic E-state index is 12.6. The van der Waals surface area contributed by atoms with Gasteiger partial charge in [0.25, 0.3) is 0 Å². The van der Waals surface area contributed by atoms with E-state index in [4.69, 9.17) is 5.11 Å². The molecule has 2 nitrogen and oxygen atoms in total. The fraction of sp³-hybridized carbons (Fsp3) is 0.400. The van der Waals surface area contributed by atoms with Gasteiger partial charge in [0.05, 0.1) is 6.10 Å². The summed E-state index contributed by atoms with van der Waals surface area (Å²) in [4.78, 5) is 0. The van der Waals surface area contributed by atoms with E-state index < -0.39 is 17.7 Å². The molecule has 0 aliphatic heterocycles. The molecule has 0 aliphatic carbocycles. The first kappa shape index (κ1) is 9.99. The van der Waals surface area contributed by atoms with Gasteiger partial charge >= 0.3 is 0 Å². The summed E-state index contributed by atoms with van der Waals surface area (Å²) < 4.78 is 12.6. The molecule has 72 valence electrons. The average Bonchev–Trinajstić information content (AvgIpc) is 2.08. The van der Waals surface area contributed by atoms with Gasteiger partial charge in [0.1, 0.15) is 0 Å². The van der Waals surface area contributed by atoms with Gasteiger partial charge in [0, 0.05) is 0 Å². The number of hydrogen-bond acceptors (Lipinski definition) is 2. The number of aliphatic hydroxyl groups is 1. The summed E-state index contributed by atoms with van der Waals surface area (Å²) in [5, 5.41) is 18.6. The number of halogens is 1. The summed E-state index contributed by atoms with van der Waals surface area (Å²) in [6.07, 6.45) is -0.661. The second-order valence-corrected chi connectivity index (χ2v) is 3.40. The van der Waals surface area contributed by atoms with Crippen molar-refractivity contribution in [3.05, 3.63) is 29.6 Å². The maximum Gasteiger partial charge on any atom is 0.164 e. The highest BCUT2D eigenvalue weighted by molar-refractivity contribution is 5.30. The maximum absolute atomic E-state index is 12.6. The van der Waals surface area contributed by atoms with Crippen molar-refractivity contribution in [3.63, 3.8) is 0 Å². The predicted molar refractivity (Wildman–Crippen MR) is 47.9 cm³/mol. The van der Waals surface area contributed by atoms with Crippen LogP contribution < -0.4 is 0 Å². The van der Waals surface area contributed by atoms with Crippen molar-refractivity contribution >= 4 is 0 Å². The molecule has 13 heavy (non-hydrogen) atoms. The third-order valence-corrected chi connectivity index (χ3v) is 1.94. The van der Waals surface area contributed by atoms with E-state index >= 15 is 0 Å². The molecule has 0 heterocycles. The van der Waals surface area contributed by atoms with Gasteiger partial charge in [-0.05, 0) is 23.6 Å². The molecule has 0 fully saturated rings. The Kier molecular flexibility index (Phi) is 2.88. The zero-order chi connectivity index (χ0) is 10.0. The molecule has 0 aromatic heterocycles. The topological polar surface area (TPSA) is 40.5 Å². The Morgan fingerprint density at radius 3 is 2.38 bits per heavy atom. The minimum absolute atomic E-state index is 0.0462. The van der Waals surface area contributed by atoms with Gasteiger partial charge in [0.15, 0.2) is 11.6 Å². The molecule has 1 aromatic rings. The third-order valence-electron chi connectivity index (χ3n) is 1.94. The Morgan fingerprint density at radius 1 is 1.31 bits per heavy atom. The van der Waals surface area contributed by atoms with Gasteiger partial charge in [-0.3, -0.25) is 0 Å². The Morgan fingerprint density at radius 2 is 1.92 bits per heavy atom. The highest BCUT2D eigenvalue weighted by atomic mass is 18.2. The minimum atomic E-state index is -0.667. The minimum Gasteiger partial charge on any atom is -0.505 e. The normalized spacial score (nSPS) is 13.3. The van der Waals surface area contributed by atoms with Crippen LogP contribution in [-0.2, 0) is 0 Å². The lowest BCUT2D eigenvalue weighted by Crippen LogP contribution is -2.05. The summed E-state index contributed by atoms with van der Waals surface area (Å²) in [7, 11) is 0. The second-order valence-electron chi connectivity index (χ2n) is 3.40. The molecule has 0 bridgehead atoms. The molecule has 0 radical (unpaired) electrons. The summed E-state index contributed by atoms with van der Waals surface area (Å²) >= 11 is 0. The fourth-order valence-corrected chi connectivity index (χ4v) is 1.10. The SMILES string of the molecule is CC(C)[C@H](O)c1ccc([18F])c(O)c1. The highest BCUT2D eigenvalue weighted by Crippen LogP contribution is 2.25. The van der Waals surface area contributed by atoms with Crippen LogP contribution in [0.1, 0.15) is 25.5 Å². The average molecular weight is 183 g/mol. The smallest absolute Gasteiger partial charge is 0.164 e. The van der Waals surface area contributed by atoms with Crippen LogP contribution in [0.4, 0.5) is 4.39 Å². The number of hydrogen-bond donors (Lipinski definition) is 2. The van der Waals surface area contributed by atoms with Crippen LogP contribution in [0, 0.1) is 11.7 Å². The van der Waals surface area contributed by atoms with Crippen molar-refractivity contribution in [2.24, 2.45) is 5.92 Å². The Hall–Kier alpha value is -1.09. The van der Waals surface area contributed by atoms with E-state index in [1.807, 2.05) is 13.8 Å². The molecule has 1 aromatic carbocycles. The number of benzene rings is 1. The zero-order valence-electron chi connectivity index (χ0n) is 7.66. The molecule has 0 unspecified atom stereocenters. The molecule has 0 spiro atoms. The first-order chi connectivity index (χ1) is 6.02. The second kappa shape index (κ2) is 3.75. The quantitative estimate of drug-likeness (QED) is 0.738. The molecule has 0 amide bonds. The van der Waals surface area contributed by atoms with E-state index in [0.717, 1.165) is 6.07 Å². The van der Waals surface area contributed by atoms with Crippen LogP contribution in [0.15, 0.2) is 18.2 Å². The van der Waals surface area contributed by atoms with E-state index in [2.05, 4.69) is 0 Å². The first-order valence-corrected chi connectivity index (χ1v) is 4.19. The molecular weight excluding hydrogens is 170 g/mol. The largest absolute Gasteiger partial charge is 0.505 e. The highest BCUT2D eigenvalue weighted by Gasteiger charge is 2.13. The number of rotatable bonds is 2. The summed E-state index contributed by atoms with van der Waals surface area (Å²) in [5.74, 6) is -1.04. The van der Waals surface area contributed by atoms with Gasteiger partial charge in [0.2, 0.25) is 0 Å². The Bertz CT molecular complexity index is 297. The fourth-order valence-electron chi connectivity index (χ4n) is 1.10. The van der Waals surface area contributed by atoms with Gasteiger partial charge < -0.3 is 10.2 Å². The van der Waals surface area contributed by atoms with Crippen LogP contribution in [0.5, 0.6) is 5.75 Å². The van der Waals surface area contributed by atoms with Crippen molar-refractivity contribution in [2.45, 2.75) is 20.0 Å². The standard InChI is InChI=1S/C10H13FO2/c1-6(2)10(13)7-3-4-8(11)9(12)5-7/h3-6,10,12-13H,1-2H3/t10-/m0/s1/i11-1. The van der Waals surface area contributed by atoms with E-state index in [0.29, 0.717) is 5.56 Å². The molecule has 1 rings (SSSR count). The number of phenols is 1. The molecule has 0 aliphatic rings. The first-order valence-electron chi connectivity index (χ1n) is 4.19. The van der Waals surface area contributed by atoms with E-state index in [9.17, 15) is 9.50 Å². The molecule has 1 atom stereocenters. The van der Waals surface area contributed by atoms with Crippen molar-refractivity contribution in [3.8, 4) is 5.75 Å². The molecule has 3 heteroatoms. The van der Waals surface area contributed by atoms with Crippen molar-refractivity contribution in [2.75, 3.05) is 0 Å². The van der Waals surface area contributed by atoms with Crippen molar-refractivity contribution < 1.29 is 14.6 Å². The lowest BCUT2D eigenvalue weighted by Gasteiger charge is -2.14. The van der Waals surface area contributed by atoms with Gasteiger partial charge in [-0.25, -0.2) is 4.39 Å². The lowest BCUT2D eigenvalue weighted by atomic mass is 9.99. The lowest BCUT2D eigenvalue weighted by molar-refractivity contribution is 0.126. The van der Waals surface area contributed by atoms with Gasteiger partial charge in [-0.2, -0.15) is 0 Å². The molecule has 2 N–H and O–H groups in total. The van der Waals surface area contributed by atoms with Crippen LogP contribution in [-0.4, -0.2) is 10.2 Å². The number of aliphatic hydroxyl groups excluding tert-OH is 1. The van der Waals surface area contributed by atoms with E-state index in [1.54, 1.807) is 0 Å². The van der Waals surface area contributed by atoms with Gasteiger partial charge in [-0.15, -0.1) is 0 Å². The number of phenolic OH excluding ortho intramolecular Hbond substituents is 1. The molecule has 0 saturated carbocycles. The van der Waals surface area contributed by atoms with Crippen LogP contribution in [0.25, 0.3) is 0 Å². The van der Waals surface area contributed by atoms with Crippen molar-refractivity contribution in [1.82, 2.24) is 0 Å². The Balaban J connectivity index is 2.97. The van der Waals surface area contributed by atoms with Crippen LogP contribution in [0.3, 0.4) is 0 Å². The zero-order valence-corrected chi connectivity index (χ0v) is 7.66. The van der Waals surface area contributed by atoms with Crippen molar-refractivity contribution in [1.29, 1.82) is 0 Å². The molecular formula is C10H13FO2. The summed E-state index contributed by atoms with van der Waals surface area (Å²) in [5.41, 5.74) is 0.536. The third kappa shape index (κ3) is 2.18. The predicted octanol–water partition coefficient (Wildman–Crippen LogP) is 2.22.